The van der Waals surface area contributed by atoms with E-state index in [1.807, 2.05) is 18.3 Å². The van der Waals surface area contributed by atoms with Crippen molar-refractivity contribution in [3.63, 3.8) is 0 Å². The lowest BCUT2D eigenvalue weighted by Gasteiger charge is -2.08. The van der Waals surface area contributed by atoms with E-state index in [4.69, 9.17) is 4.98 Å². The lowest BCUT2D eigenvalue weighted by atomic mass is 10.0. The Balaban J connectivity index is 2.02. The molecule has 0 bridgehead atoms. The maximum absolute atomic E-state index is 4.70. The Hall–Kier alpha value is -2.48. The second-order valence-corrected chi connectivity index (χ2v) is 4.94. The molecule has 2 heterocycles. The van der Waals surface area contributed by atoms with E-state index in [9.17, 15) is 0 Å². The molecule has 20 heavy (non-hydrogen) atoms. The van der Waals surface area contributed by atoms with E-state index in [1.165, 1.54) is 16.7 Å². The first kappa shape index (κ1) is 12.5. The van der Waals surface area contributed by atoms with Crippen LogP contribution in [0.5, 0.6) is 0 Å². The van der Waals surface area contributed by atoms with Crippen LogP contribution in [-0.2, 0) is 0 Å². The van der Waals surface area contributed by atoms with Crippen LogP contribution in [0.15, 0.2) is 60.9 Å². The molecule has 0 radical (unpaired) electrons. The molecule has 0 unspecified atom stereocenters. The van der Waals surface area contributed by atoms with Crippen LogP contribution in [0.2, 0.25) is 0 Å². The predicted molar refractivity (Wildman–Crippen MR) is 82.4 cm³/mol. The van der Waals surface area contributed by atoms with Crippen molar-refractivity contribution >= 4 is 0 Å². The van der Waals surface area contributed by atoms with E-state index in [0.29, 0.717) is 0 Å². The molecule has 2 nitrogen and oxygen atoms in total. The molecule has 0 spiro atoms. The first-order valence-electron chi connectivity index (χ1n) is 6.69. The number of aryl methyl sites for hydroxylation is 2. The summed E-state index contributed by atoms with van der Waals surface area (Å²) < 4.78 is 0. The molecule has 0 aliphatic rings. The van der Waals surface area contributed by atoms with Crippen LogP contribution in [0, 0.1) is 13.8 Å². The van der Waals surface area contributed by atoms with Gasteiger partial charge in [0.15, 0.2) is 0 Å². The van der Waals surface area contributed by atoms with E-state index in [1.54, 1.807) is 6.20 Å². The van der Waals surface area contributed by atoms with Gasteiger partial charge in [0.1, 0.15) is 0 Å². The molecular weight excluding hydrogens is 244 g/mol. The number of benzene rings is 1. The van der Waals surface area contributed by atoms with Crippen LogP contribution in [0.3, 0.4) is 0 Å². The molecule has 0 saturated heterocycles. The summed E-state index contributed by atoms with van der Waals surface area (Å²) in [4.78, 5) is 8.84. The summed E-state index contributed by atoms with van der Waals surface area (Å²) in [5, 5.41) is 0. The van der Waals surface area contributed by atoms with Gasteiger partial charge in [-0.3, -0.25) is 9.97 Å². The SMILES string of the molecule is Cc1ccc(-c2ccc(-c3cccnc3)nc2C)cc1. The van der Waals surface area contributed by atoms with Crippen LogP contribution in [-0.4, -0.2) is 9.97 Å². The lowest BCUT2D eigenvalue weighted by Crippen LogP contribution is -1.91. The van der Waals surface area contributed by atoms with Crippen LogP contribution in [0.25, 0.3) is 22.4 Å². The third kappa shape index (κ3) is 2.45. The minimum Gasteiger partial charge on any atom is -0.264 e. The summed E-state index contributed by atoms with van der Waals surface area (Å²) in [6.45, 7) is 4.15. The van der Waals surface area contributed by atoms with Crippen molar-refractivity contribution in [2.45, 2.75) is 13.8 Å². The fourth-order valence-corrected chi connectivity index (χ4v) is 2.27. The molecule has 2 aromatic heterocycles. The summed E-state index contributed by atoms with van der Waals surface area (Å²) in [5.74, 6) is 0. The van der Waals surface area contributed by atoms with Crippen molar-refractivity contribution in [1.29, 1.82) is 0 Å². The van der Waals surface area contributed by atoms with Gasteiger partial charge < -0.3 is 0 Å². The molecule has 0 saturated carbocycles. The summed E-state index contributed by atoms with van der Waals surface area (Å²) in [7, 11) is 0. The summed E-state index contributed by atoms with van der Waals surface area (Å²) in [5.41, 5.74) is 6.70. The van der Waals surface area contributed by atoms with Crippen LogP contribution < -0.4 is 0 Å². The Morgan fingerprint density at radius 3 is 2.25 bits per heavy atom. The smallest absolute Gasteiger partial charge is 0.0721 e. The van der Waals surface area contributed by atoms with Crippen LogP contribution in [0.1, 0.15) is 11.3 Å². The topological polar surface area (TPSA) is 25.8 Å². The van der Waals surface area contributed by atoms with Gasteiger partial charge in [0.2, 0.25) is 0 Å². The number of rotatable bonds is 2. The molecule has 0 N–H and O–H groups in total. The molecule has 0 amide bonds. The molecule has 0 aliphatic heterocycles. The Labute approximate surface area is 119 Å². The van der Waals surface area contributed by atoms with Gasteiger partial charge in [-0.05, 0) is 37.6 Å². The second kappa shape index (κ2) is 5.25. The zero-order chi connectivity index (χ0) is 13.9. The molecular formula is C18H16N2. The van der Waals surface area contributed by atoms with Crippen molar-refractivity contribution in [3.8, 4) is 22.4 Å². The van der Waals surface area contributed by atoms with E-state index < -0.39 is 0 Å². The van der Waals surface area contributed by atoms with Gasteiger partial charge in [-0.2, -0.15) is 0 Å². The van der Waals surface area contributed by atoms with E-state index in [2.05, 4.69) is 55.2 Å². The standard InChI is InChI=1S/C18H16N2/c1-13-5-7-15(8-6-13)17-9-10-18(20-14(17)2)16-4-3-11-19-12-16/h3-12H,1-2H3. The first-order chi connectivity index (χ1) is 9.74. The highest BCUT2D eigenvalue weighted by Crippen LogP contribution is 2.25. The third-order valence-corrected chi connectivity index (χ3v) is 3.41. The van der Waals surface area contributed by atoms with Crippen molar-refractivity contribution in [2.75, 3.05) is 0 Å². The van der Waals surface area contributed by atoms with Gasteiger partial charge in [0.25, 0.3) is 0 Å². The highest BCUT2D eigenvalue weighted by Gasteiger charge is 2.06. The maximum Gasteiger partial charge on any atom is 0.0721 e. The first-order valence-corrected chi connectivity index (χ1v) is 6.69. The number of hydrogen-bond donors (Lipinski definition) is 0. The maximum atomic E-state index is 4.70. The van der Waals surface area contributed by atoms with E-state index >= 15 is 0 Å². The predicted octanol–water partition coefficient (Wildman–Crippen LogP) is 4.43. The second-order valence-electron chi connectivity index (χ2n) is 4.94. The zero-order valence-electron chi connectivity index (χ0n) is 11.7. The molecule has 3 rings (SSSR count). The number of hydrogen-bond acceptors (Lipinski definition) is 2. The Bertz CT molecular complexity index is 716. The summed E-state index contributed by atoms with van der Waals surface area (Å²) in [6, 6.07) is 16.7. The lowest BCUT2D eigenvalue weighted by molar-refractivity contribution is 1.20. The van der Waals surface area contributed by atoms with Gasteiger partial charge in [-0.25, -0.2) is 0 Å². The minimum absolute atomic E-state index is 0.964. The number of aromatic nitrogens is 2. The number of pyridine rings is 2. The average molecular weight is 260 g/mol. The summed E-state index contributed by atoms with van der Waals surface area (Å²) in [6.07, 6.45) is 3.62. The highest BCUT2D eigenvalue weighted by atomic mass is 14.7. The van der Waals surface area contributed by atoms with Crippen molar-refractivity contribution in [2.24, 2.45) is 0 Å². The Kier molecular flexibility index (Phi) is 3.30. The fourth-order valence-electron chi connectivity index (χ4n) is 2.27. The van der Waals surface area contributed by atoms with Crippen molar-refractivity contribution in [1.82, 2.24) is 9.97 Å². The van der Waals surface area contributed by atoms with Gasteiger partial charge >= 0.3 is 0 Å². The van der Waals surface area contributed by atoms with Crippen molar-refractivity contribution < 1.29 is 0 Å². The van der Waals surface area contributed by atoms with E-state index in [0.717, 1.165) is 17.0 Å². The largest absolute Gasteiger partial charge is 0.264 e. The summed E-state index contributed by atoms with van der Waals surface area (Å²) >= 11 is 0. The van der Waals surface area contributed by atoms with E-state index in [-0.39, 0.29) is 0 Å². The van der Waals surface area contributed by atoms with Gasteiger partial charge in [-0.15, -0.1) is 0 Å². The Morgan fingerprint density at radius 1 is 0.800 bits per heavy atom. The van der Waals surface area contributed by atoms with Crippen LogP contribution in [0.4, 0.5) is 0 Å². The van der Waals surface area contributed by atoms with Crippen LogP contribution >= 0.6 is 0 Å². The number of nitrogens with zero attached hydrogens (tertiary/aromatic N) is 2. The monoisotopic (exact) mass is 260 g/mol. The van der Waals surface area contributed by atoms with Gasteiger partial charge in [0.05, 0.1) is 5.69 Å². The average Bonchev–Trinajstić information content (AvgIpc) is 2.49. The molecule has 3 aromatic rings. The highest BCUT2D eigenvalue weighted by molar-refractivity contribution is 5.69. The normalized spacial score (nSPS) is 10.5. The molecule has 1 aromatic carbocycles. The Morgan fingerprint density at radius 2 is 1.60 bits per heavy atom. The molecule has 0 aliphatic carbocycles. The van der Waals surface area contributed by atoms with Gasteiger partial charge in [0, 0.05) is 29.2 Å². The third-order valence-electron chi connectivity index (χ3n) is 3.41. The zero-order valence-corrected chi connectivity index (χ0v) is 11.7. The quantitative estimate of drug-likeness (QED) is 0.681. The molecule has 0 fully saturated rings. The minimum atomic E-state index is 0.964. The van der Waals surface area contributed by atoms with Gasteiger partial charge in [-0.1, -0.05) is 35.9 Å². The van der Waals surface area contributed by atoms with Crippen molar-refractivity contribution in [3.05, 3.63) is 72.2 Å². The molecule has 2 heteroatoms. The fraction of sp³-hybridized carbons (Fsp3) is 0.111. The molecule has 98 valence electrons. The molecule has 0 atom stereocenters.